The van der Waals surface area contributed by atoms with E-state index in [0.717, 1.165) is 22.9 Å². The first-order valence-corrected chi connectivity index (χ1v) is 10.5. The Bertz CT molecular complexity index is 853. The molecule has 1 N–H and O–H groups in total. The Morgan fingerprint density at radius 3 is 1.96 bits per heavy atom. The normalized spacial score (nSPS) is 12.8. The van der Waals surface area contributed by atoms with Crippen LogP contribution in [0, 0.1) is 0 Å². The van der Waals surface area contributed by atoms with Crippen molar-refractivity contribution in [2.24, 2.45) is 0 Å². The topological polar surface area (TPSA) is 63.2 Å². The van der Waals surface area contributed by atoms with E-state index >= 15 is 0 Å². The van der Waals surface area contributed by atoms with Crippen molar-refractivity contribution in [2.75, 3.05) is 12.9 Å². The molecule has 0 aliphatic heterocycles. The number of hydrogen-bond donors (Lipinski definition) is 1. The molecule has 2 rings (SSSR count). The van der Waals surface area contributed by atoms with Gasteiger partial charge in [0.15, 0.2) is 14.7 Å². The maximum Gasteiger partial charge on any atom is 0.253 e. The van der Waals surface area contributed by atoms with E-state index in [4.69, 9.17) is 23.2 Å². The van der Waals surface area contributed by atoms with Gasteiger partial charge in [0.05, 0.1) is 10.9 Å². The molecule has 1 atom stereocenters. The molecule has 0 heterocycles. The highest BCUT2D eigenvalue weighted by molar-refractivity contribution is 7.90. The Morgan fingerprint density at radius 2 is 1.54 bits per heavy atom. The lowest BCUT2D eigenvalue weighted by Gasteiger charge is -2.16. The van der Waals surface area contributed by atoms with E-state index in [1.165, 1.54) is 0 Å². The minimum Gasteiger partial charge on any atom is -0.348 e. The van der Waals surface area contributed by atoms with Gasteiger partial charge in [-0.1, -0.05) is 59.6 Å². The number of alkyl halides is 3. The Labute approximate surface area is 162 Å². The molecule has 1 amide bonds. The Morgan fingerprint density at radius 1 is 1.04 bits per heavy atom. The summed E-state index contributed by atoms with van der Waals surface area (Å²) in [5, 5.41) is 2.45. The Balaban J connectivity index is 2.09. The van der Waals surface area contributed by atoms with Gasteiger partial charge in [0.1, 0.15) is 6.67 Å². The summed E-state index contributed by atoms with van der Waals surface area (Å²) in [6.45, 7) is -0.735. The van der Waals surface area contributed by atoms with Crippen molar-refractivity contribution in [2.45, 2.75) is 22.2 Å². The van der Waals surface area contributed by atoms with Gasteiger partial charge in [0, 0.05) is 6.26 Å². The molecule has 0 saturated heterocycles. The molecule has 8 heteroatoms. The van der Waals surface area contributed by atoms with Gasteiger partial charge < -0.3 is 5.32 Å². The van der Waals surface area contributed by atoms with Gasteiger partial charge in [0.2, 0.25) is 0 Å². The Hall–Kier alpha value is -1.63. The van der Waals surface area contributed by atoms with Gasteiger partial charge in [-0.05, 0) is 35.2 Å². The van der Waals surface area contributed by atoms with Crippen LogP contribution in [-0.2, 0) is 21.1 Å². The smallest absolute Gasteiger partial charge is 0.253 e. The van der Waals surface area contributed by atoms with Crippen LogP contribution in [0.1, 0.15) is 5.56 Å². The van der Waals surface area contributed by atoms with Crippen LogP contribution in [-0.4, -0.2) is 38.1 Å². The second kappa shape index (κ2) is 8.84. The number of benzene rings is 2. The first kappa shape index (κ1) is 20.7. The van der Waals surface area contributed by atoms with Crippen LogP contribution in [0.5, 0.6) is 0 Å². The molecule has 1 unspecified atom stereocenters. The van der Waals surface area contributed by atoms with Crippen LogP contribution >= 0.6 is 23.2 Å². The predicted molar refractivity (Wildman–Crippen MR) is 102 cm³/mol. The molecule has 0 aliphatic carbocycles. The average Bonchev–Trinajstić information content (AvgIpc) is 2.61. The van der Waals surface area contributed by atoms with Crippen molar-refractivity contribution in [1.29, 1.82) is 0 Å². The van der Waals surface area contributed by atoms with Gasteiger partial charge in [0.25, 0.3) is 5.91 Å². The molecule has 0 fully saturated rings. The van der Waals surface area contributed by atoms with Crippen molar-refractivity contribution >= 4 is 38.9 Å². The second-order valence-electron chi connectivity index (χ2n) is 5.86. The molecule has 2 aromatic carbocycles. The number of nitrogens with one attached hydrogen (secondary N) is 1. The molecular weight excluding hydrogens is 400 g/mol. The SMILES string of the molecule is CS(=O)(=O)c1ccc(-c2ccc(CC(CF)NC(=O)C(Cl)Cl)cc2)cc1. The maximum absolute atomic E-state index is 13.1. The molecule has 0 bridgehead atoms. The fourth-order valence-corrected chi connectivity index (χ4v) is 3.18. The van der Waals surface area contributed by atoms with E-state index in [2.05, 4.69) is 5.32 Å². The highest BCUT2D eigenvalue weighted by Gasteiger charge is 2.17. The van der Waals surface area contributed by atoms with Gasteiger partial charge in [-0.15, -0.1) is 0 Å². The van der Waals surface area contributed by atoms with Crippen molar-refractivity contribution in [3.05, 3.63) is 54.1 Å². The summed E-state index contributed by atoms with van der Waals surface area (Å²) in [5.41, 5.74) is 2.60. The highest BCUT2D eigenvalue weighted by atomic mass is 35.5. The van der Waals surface area contributed by atoms with Crippen LogP contribution in [0.15, 0.2) is 53.4 Å². The average molecular weight is 418 g/mol. The standard InChI is InChI=1S/C18H18Cl2FNO3S/c1-26(24,25)16-8-6-14(7-9-16)13-4-2-12(3-5-13)10-15(11-21)22-18(23)17(19)20/h2-9,15,17H,10-11H2,1H3,(H,22,23). The summed E-state index contributed by atoms with van der Waals surface area (Å²) in [6.07, 6.45) is 1.46. The molecule has 0 aromatic heterocycles. The molecule has 2 aromatic rings. The second-order valence-corrected chi connectivity index (χ2v) is 8.97. The molecular formula is C18H18Cl2FNO3S. The van der Waals surface area contributed by atoms with Crippen LogP contribution in [0.3, 0.4) is 0 Å². The first-order valence-electron chi connectivity index (χ1n) is 7.74. The zero-order chi connectivity index (χ0) is 19.3. The largest absolute Gasteiger partial charge is 0.348 e. The van der Waals surface area contributed by atoms with E-state index in [0.29, 0.717) is 6.42 Å². The summed E-state index contributed by atoms with van der Waals surface area (Å²) in [7, 11) is -3.23. The summed E-state index contributed by atoms with van der Waals surface area (Å²) in [4.78, 5) is 10.5. The molecule has 26 heavy (non-hydrogen) atoms. The lowest BCUT2D eigenvalue weighted by molar-refractivity contribution is -0.120. The highest BCUT2D eigenvalue weighted by Crippen LogP contribution is 2.22. The van der Waals surface area contributed by atoms with E-state index in [1.54, 1.807) is 24.3 Å². The lowest BCUT2D eigenvalue weighted by atomic mass is 10.0. The van der Waals surface area contributed by atoms with Crippen molar-refractivity contribution in [1.82, 2.24) is 5.32 Å². The number of sulfone groups is 1. The molecule has 0 radical (unpaired) electrons. The lowest BCUT2D eigenvalue weighted by Crippen LogP contribution is -2.40. The quantitative estimate of drug-likeness (QED) is 0.700. The first-order chi connectivity index (χ1) is 12.2. The monoisotopic (exact) mass is 417 g/mol. The summed E-state index contributed by atoms with van der Waals surface area (Å²) >= 11 is 10.9. The Kier molecular flexibility index (Phi) is 7.03. The zero-order valence-electron chi connectivity index (χ0n) is 14.0. The van der Waals surface area contributed by atoms with Crippen LogP contribution in [0.2, 0.25) is 0 Å². The number of amides is 1. The molecule has 0 spiro atoms. The van der Waals surface area contributed by atoms with E-state index < -0.39 is 33.3 Å². The van der Waals surface area contributed by atoms with Crippen LogP contribution in [0.25, 0.3) is 11.1 Å². The third-order valence-electron chi connectivity index (χ3n) is 3.78. The van der Waals surface area contributed by atoms with Gasteiger partial charge in [-0.25, -0.2) is 12.8 Å². The van der Waals surface area contributed by atoms with E-state index in [1.807, 2.05) is 24.3 Å². The third kappa shape index (κ3) is 5.69. The van der Waals surface area contributed by atoms with E-state index in [-0.39, 0.29) is 4.90 Å². The number of rotatable bonds is 7. The van der Waals surface area contributed by atoms with E-state index in [9.17, 15) is 17.6 Å². The third-order valence-corrected chi connectivity index (χ3v) is 5.31. The summed E-state index contributed by atoms with van der Waals surface area (Å²) < 4.78 is 36.1. The number of carbonyl (C=O) groups excluding carboxylic acids is 1. The molecule has 0 aliphatic rings. The predicted octanol–water partition coefficient (Wildman–Crippen LogP) is 3.56. The van der Waals surface area contributed by atoms with Gasteiger partial charge >= 0.3 is 0 Å². The van der Waals surface area contributed by atoms with Crippen LogP contribution < -0.4 is 5.32 Å². The maximum atomic E-state index is 13.1. The van der Waals surface area contributed by atoms with Crippen molar-refractivity contribution < 1.29 is 17.6 Å². The van der Waals surface area contributed by atoms with Crippen molar-refractivity contribution in [3.8, 4) is 11.1 Å². The van der Waals surface area contributed by atoms with Crippen LogP contribution in [0.4, 0.5) is 4.39 Å². The summed E-state index contributed by atoms with van der Waals surface area (Å²) in [5.74, 6) is -0.626. The minimum atomic E-state index is -3.23. The summed E-state index contributed by atoms with van der Waals surface area (Å²) in [6, 6.07) is 13.2. The molecule has 0 saturated carbocycles. The zero-order valence-corrected chi connectivity index (χ0v) is 16.3. The molecule has 4 nitrogen and oxygen atoms in total. The number of hydrogen-bond acceptors (Lipinski definition) is 3. The van der Waals surface area contributed by atoms with Crippen molar-refractivity contribution in [3.63, 3.8) is 0 Å². The number of carbonyl (C=O) groups is 1. The fraction of sp³-hybridized carbons (Fsp3) is 0.278. The van der Waals surface area contributed by atoms with Gasteiger partial charge in [-0.2, -0.15) is 0 Å². The fourth-order valence-electron chi connectivity index (χ4n) is 2.42. The number of halogens is 3. The molecule has 140 valence electrons. The van der Waals surface area contributed by atoms with Gasteiger partial charge in [-0.3, -0.25) is 4.79 Å². The minimum absolute atomic E-state index is 0.260.